The smallest absolute Gasteiger partial charge is 0.262 e. The summed E-state index contributed by atoms with van der Waals surface area (Å²) in [6.07, 6.45) is 1.64. The number of rotatable bonds is 3. The fourth-order valence-electron chi connectivity index (χ4n) is 2.48. The second-order valence-corrected chi connectivity index (χ2v) is 6.99. The predicted octanol–water partition coefficient (Wildman–Crippen LogP) is 5.10. The molecule has 3 heterocycles. The van der Waals surface area contributed by atoms with Gasteiger partial charge in [-0.1, -0.05) is 29.3 Å². The second kappa shape index (κ2) is 6.48. The van der Waals surface area contributed by atoms with Gasteiger partial charge in [0.15, 0.2) is 5.65 Å². The van der Waals surface area contributed by atoms with Crippen LogP contribution in [0.15, 0.2) is 52.8 Å². The van der Waals surface area contributed by atoms with Crippen molar-refractivity contribution in [1.82, 2.24) is 15.0 Å². The number of aromatic nitrogens is 3. The van der Waals surface area contributed by atoms with Gasteiger partial charge in [-0.25, -0.2) is 4.98 Å². The molecule has 25 heavy (non-hydrogen) atoms. The Morgan fingerprint density at radius 1 is 1.16 bits per heavy atom. The molecule has 0 saturated carbocycles. The zero-order valence-electron chi connectivity index (χ0n) is 12.6. The number of nitrogens with zero attached hydrogens (tertiary/aromatic N) is 2. The summed E-state index contributed by atoms with van der Waals surface area (Å²) >= 11 is 13.6. The SMILES string of the molecule is O=c1[nH]c(Nc2ccc(Cl)cc2Cl)nc2nccc(-c3cccs3)c12. The number of anilines is 2. The predicted molar refractivity (Wildman–Crippen MR) is 103 cm³/mol. The van der Waals surface area contributed by atoms with Crippen LogP contribution in [0.2, 0.25) is 10.0 Å². The van der Waals surface area contributed by atoms with Gasteiger partial charge in [0.25, 0.3) is 5.56 Å². The van der Waals surface area contributed by atoms with Gasteiger partial charge < -0.3 is 5.32 Å². The number of hydrogen-bond donors (Lipinski definition) is 2. The molecule has 2 N–H and O–H groups in total. The Bertz CT molecular complexity index is 1130. The molecule has 3 aromatic heterocycles. The molecule has 4 aromatic rings. The van der Waals surface area contributed by atoms with Gasteiger partial charge in [-0.15, -0.1) is 11.3 Å². The number of fused-ring (bicyclic) bond motifs is 1. The molecular weight excluding hydrogens is 379 g/mol. The van der Waals surface area contributed by atoms with Crippen LogP contribution in [0.3, 0.4) is 0 Å². The summed E-state index contributed by atoms with van der Waals surface area (Å²) in [6.45, 7) is 0. The van der Waals surface area contributed by atoms with E-state index in [2.05, 4.69) is 20.3 Å². The maximum Gasteiger partial charge on any atom is 0.262 e. The largest absolute Gasteiger partial charge is 0.324 e. The average Bonchev–Trinajstić information content (AvgIpc) is 3.11. The molecule has 0 saturated heterocycles. The van der Waals surface area contributed by atoms with E-state index in [4.69, 9.17) is 23.2 Å². The molecule has 8 heteroatoms. The number of aromatic amines is 1. The van der Waals surface area contributed by atoms with Gasteiger partial charge >= 0.3 is 0 Å². The Hall–Kier alpha value is -2.41. The van der Waals surface area contributed by atoms with Crippen molar-refractivity contribution in [1.29, 1.82) is 0 Å². The van der Waals surface area contributed by atoms with Crippen molar-refractivity contribution in [3.63, 3.8) is 0 Å². The highest BCUT2D eigenvalue weighted by Crippen LogP contribution is 2.30. The summed E-state index contributed by atoms with van der Waals surface area (Å²) in [5.74, 6) is 0.262. The lowest BCUT2D eigenvalue weighted by Crippen LogP contribution is -2.13. The highest BCUT2D eigenvalue weighted by atomic mass is 35.5. The van der Waals surface area contributed by atoms with Crippen LogP contribution in [-0.4, -0.2) is 15.0 Å². The minimum atomic E-state index is -0.269. The standard InChI is InChI=1S/C17H10Cl2N4OS/c18-9-3-4-12(11(19)8-9)21-17-22-15-14(16(24)23-17)10(5-6-20-15)13-2-1-7-25-13/h1-8H,(H2,20,21,22,23,24). The minimum Gasteiger partial charge on any atom is -0.324 e. The summed E-state index contributed by atoms with van der Waals surface area (Å²) < 4.78 is 0. The topological polar surface area (TPSA) is 70.7 Å². The van der Waals surface area contributed by atoms with Crippen LogP contribution in [0.1, 0.15) is 0 Å². The molecule has 0 aliphatic rings. The third kappa shape index (κ3) is 3.11. The number of halogens is 2. The number of nitrogens with one attached hydrogen (secondary N) is 2. The van der Waals surface area contributed by atoms with Crippen molar-refractivity contribution in [2.24, 2.45) is 0 Å². The van der Waals surface area contributed by atoms with Gasteiger partial charge in [0.05, 0.1) is 16.1 Å². The van der Waals surface area contributed by atoms with E-state index in [9.17, 15) is 4.79 Å². The summed E-state index contributed by atoms with van der Waals surface area (Å²) in [5.41, 5.74) is 1.49. The lowest BCUT2D eigenvalue weighted by Gasteiger charge is -2.09. The number of H-pyrrole nitrogens is 1. The van der Waals surface area contributed by atoms with Gasteiger partial charge in [0.1, 0.15) is 0 Å². The first kappa shape index (κ1) is 16.1. The van der Waals surface area contributed by atoms with Gasteiger partial charge in [0, 0.05) is 21.7 Å². The third-order valence-electron chi connectivity index (χ3n) is 3.58. The van der Waals surface area contributed by atoms with Crippen LogP contribution in [0.4, 0.5) is 11.6 Å². The van der Waals surface area contributed by atoms with E-state index in [1.807, 2.05) is 23.6 Å². The first-order valence-corrected chi connectivity index (χ1v) is 8.90. The molecule has 0 radical (unpaired) electrons. The zero-order valence-corrected chi connectivity index (χ0v) is 14.9. The summed E-state index contributed by atoms with van der Waals surface area (Å²) in [7, 11) is 0. The fourth-order valence-corrected chi connectivity index (χ4v) is 3.69. The molecule has 0 aliphatic heterocycles. The molecule has 4 rings (SSSR count). The Labute approximate surface area is 156 Å². The average molecular weight is 389 g/mol. The molecule has 0 atom stereocenters. The van der Waals surface area contributed by atoms with E-state index in [0.717, 1.165) is 10.4 Å². The second-order valence-electron chi connectivity index (χ2n) is 5.20. The molecule has 0 amide bonds. The molecule has 0 aliphatic carbocycles. The molecule has 0 bridgehead atoms. The van der Waals surface area contributed by atoms with E-state index in [1.165, 1.54) is 0 Å². The van der Waals surface area contributed by atoms with Crippen molar-refractivity contribution in [3.8, 4) is 10.4 Å². The van der Waals surface area contributed by atoms with Crippen LogP contribution in [0.25, 0.3) is 21.5 Å². The molecule has 0 spiro atoms. The van der Waals surface area contributed by atoms with Crippen LogP contribution in [0, 0.1) is 0 Å². The van der Waals surface area contributed by atoms with Gasteiger partial charge in [0.2, 0.25) is 5.95 Å². The summed E-state index contributed by atoms with van der Waals surface area (Å²) in [5, 5.41) is 6.36. The van der Waals surface area contributed by atoms with Gasteiger partial charge in [-0.05, 0) is 35.7 Å². The number of benzene rings is 1. The Balaban J connectivity index is 1.82. The lowest BCUT2D eigenvalue weighted by molar-refractivity contribution is 1.14. The maximum absolute atomic E-state index is 12.6. The molecule has 0 fully saturated rings. The van der Waals surface area contributed by atoms with Crippen molar-refractivity contribution in [2.75, 3.05) is 5.32 Å². The molecule has 124 valence electrons. The van der Waals surface area contributed by atoms with Crippen LogP contribution < -0.4 is 10.9 Å². The molecular formula is C17H10Cl2N4OS. The zero-order chi connectivity index (χ0) is 17.4. The maximum atomic E-state index is 12.6. The molecule has 0 unspecified atom stereocenters. The Morgan fingerprint density at radius 2 is 2.04 bits per heavy atom. The van der Waals surface area contributed by atoms with Crippen molar-refractivity contribution in [2.45, 2.75) is 0 Å². The molecule has 1 aromatic carbocycles. The van der Waals surface area contributed by atoms with E-state index in [0.29, 0.717) is 26.8 Å². The van der Waals surface area contributed by atoms with Crippen molar-refractivity contribution < 1.29 is 0 Å². The number of hydrogen-bond acceptors (Lipinski definition) is 5. The van der Waals surface area contributed by atoms with E-state index >= 15 is 0 Å². The highest BCUT2D eigenvalue weighted by molar-refractivity contribution is 7.13. The number of pyridine rings is 1. The van der Waals surface area contributed by atoms with E-state index < -0.39 is 0 Å². The minimum absolute atomic E-state index is 0.262. The van der Waals surface area contributed by atoms with Crippen LogP contribution >= 0.6 is 34.5 Å². The fraction of sp³-hybridized carbons (Fsp3) is 0. The van der Waals surface area contributed by atoms with E-state index in [-0.39, 0.29) is 11.5 Å². The number of thiophene rings is 1. The highest BCUT2D eigenvalue weighted by Gasteiger charge is 2.12. The first-order valence-electron chi connectivity index (χ1n) is 7.27. The monoisotopic (exact) mass is 388 g/mol. The van der Waals surface area contributed by atoms with Crippen LogP contribution in [0.5, 0.6) is 0 Å². The van der Waals surface area contributed by atoms with Crippen molar-refractivity contribution in [3.05, 3.63) is 68.4 Å². The van der Waals surface area contributed by atoms with E-state index in [1.54, 1.807) is 35.7 Å². The Morgan fingerprint density at radius 3 is 2.80 bits per heavy atom. The van der Waals surface area contributed by atoms with Crippen LogP contribution in [-0.2, 0) is 0 Å². The molecule has 5 nitrogen and oxygen atoms in total. The first-order chi connectivity index (χ1) is 12.1. The lowest BCUT2D eigenvalue weighted by atomic mass is 10.1. The summed E-state index contributed by atoms with van der Waals surface area (Å²) in [6, 6.07) is 10.7. The Kier molecular flexibility index (Phi) is 4.17. The normalized spacial score (nSPS) is 11.0. The third-order valence-corrected chi connectivity index (χ3v) is 5.03. The van der Waals surface area contributed by atoms with Gasteiger partial charge in [-0.3, -0.25) is 9.78 Å². The quantitative estimate of drug-likeness (QED) is 0.512. The van der Waals surface area contributed by atoms with Gasteiger partial charge in [-0.2, -0.15) is 4.98 Å². The summed E-state index contributed by atoms with van der Waals surface area (Å²) in [4.78, 5) is 25.0. The van der Waals surface area contributed by atoms with Crippen molar-refractivity contribution >= 4 is 57.2 Å².